The van der Waals surface area contributed by atoms with Gasteiger partial charge in [-0.25, -0.2) is 8.42 Å². The molecule has 6 nitrogen and oxygen atoms in total. The third-order valence-electron chi connectivity index (χ3n) is 3.77. The Morgan fingerprint density at radius 3 is 2.15 bits per heavy atom. The Labute approximate surface area is 202 Å². The van der Waals surface area contributed by atoms with Crippen molar-refractivity contribution in [1.82, 2.24) is 4.98 Å². The van der Waals surface area contributed by atoms with E-state index in [1.54, 1.807) is 24.3 Å². The van der Waals surface area contributed by atoms with Gasteiger partial charge in [-0.15, -0.1) is 0 Å². The summed E-state index contributed by atoms with van der Waals surface area (Å²) in [4.78, 5) is 17.7. The number of pyridine rings is 1. The number of halogens is 1. The molecule has 1 heterocycles. The van der Waals surface area contributed by atoms with Gasteiger partial charge in [-0.1, -0.05) is 50.6 Å². The summed E-state index contributed by atoms with van der Waals surface area (Å²) >= 11 is 6.14. The van der Waals surface area contributed by atoms with Crippen LogP contribution >= 0.6 is 11.6 Å². The summed E-state index contributed by atoms with van der Waals surface area (Å²) in [5.41, 5.74) is 1.96. The number of aromatic nitrogens is 1. The van der Waals surface area contributed by atoms with Crippen LogP contribution in [0.2, 0.25) is 5.02 Å². The first-order valence-corrected chi connectivity index (χ1v) is 12.3. The minimum atomic E-state index is -3.94. The first-order valence-electron chi connectivity index (χ1n) is 10.4. The second-order valence-electron chi connectivity index (χ2n) is 8.08. The zero-order chi connectivity index (χ0) is 25.2. The van der Waals surface area contributed by atoms with Gasteiger partial charge in [0.05, 0.1) is 22.0 Å². The highest BCUT2D eigenvalue weighted by Crippen LogP contribution is 2.35. The van der Waals surface area contributed by atoms with Crippen LogP contribution in [0.5, 0.6) is 0 Å². The number of benzene rings is 1. The average molecular weight is 490 g/mol. The largest absolute Gasteiger partial charge is 0.279 e. The van der Waals surface area contributed by atoms with Crippen LogP contribution in [0.25, 0.3) is 0 Å². The quantitative estimate of drug-likeness (QED) is 0.431. The summed E-state index contributed by atoms with van der Waals surface area (Å²) in [6, 6.07) is 7.86. The van der Waals surface area contributed by atoms with Gasteiger partial charge in [0.15, 0.2) is 0 Å². The summed E-state index contributed by atoms with van der Waals surface area (Å²) in [6.07, 6.45) is 7.47. The molecule has 0 saturated heterocycles. The lowest BCUT2D eigenvalue weighted by Gasteiger charge is -2.24. The van der Waals surface area contributed by atoms with Crippen LogP contribution in [0.3, 0.4) is 0 Å². The van der Waals surface area contributed by atoms with Crippen molar-refractivity contribution in [3.05, 3.63) is 83.0 Å². The molecule has 0 bridgehead atoms. The summed E-state index contributed by atoms with van der Waals surface area (Å²) in [5, 5.41) is 0.354. The molecule has 178 valence electrons. The fourth-order valence-corrected chi connectivity index (χ4v) is 3.69. The fraction of sp³-hybridized carbons (Fsp3) is 0.280. The number of sulfonamides is 1. The van der Waals surface area contributed by atoms with Crippen LogP contribution in [0.1, 0.15) is 41.5 Å². The van der Waals surface area contributed by atoms with E-state index in [1.807, 2.05) is 13.8 Å². The van der Waals surface area contributed by atoms with Crippen molar-refractivity contribution >= 4 is 44.6 Å². The predicted molar refractivity (Wildman–Crippen MR) is 139 cm³/mol. The molecule has 0 saturated carbocycles. The van der Waals surface area contributed by atoms with Gasteiger partial charge >= 0.3 is 0 Å². The maximum atomic E-state index is 12.9. The monoisotopic (exact) mass is 489 g/mol. The molecule has 0 aliphatic rings. The van der Waals surface area contributed by atoms with Gasteiger partial charge in [-0.3, -0.25) is 19.4 Å². The molecule has 0 spiro atoms. The molecule has 2 rings (SSSR count). The van der Waals surface area contributed by atoms with Crippen molar-refractivity contribution in [2.45, 2.75) is 41.5 Å². The standard InChI is InChI=1S/C21H22ClN3O3S.C4H10/c1-5-19(8-6-15(2)3)29(27,28)24-20-9-7-17(22)14-21(20)25(16(4)26)18-10-12-23-13-11-18;1-4(2)3/h5-14,24H,1H2,2-4H3;4H,1-3H3/b19-8+;. The Hall–Kier alpha value is -2.90. The normalized spacial score (nSPS) is 11.2. The van der Waals surface area contributed by atoms with E-state index in [9.17, 15) is 13.2 Å². The minimum absolute atomic E-state index is 0.00196. The van der Waals surface area contributed by atoms with Gasteiger partial charge in [0, 0.05) is 24.3 Å². The summed E-state index contributed by atoms with van der Waals surface area (Å²) in [7, 11) is -3.94. The molecule has 0 unspecified atom stereocenters. The van der Waals surface area contributed by atoms with E-state index in [0.29, 0.717) is 16.4 Å². The van der Waals surface area contributed by atoms with E-state index >= 15 is 0 Å². The smallest absolute Gasteiger partial charge is 0.261 e. The number of amides is 1. The number of hydrogen-bond donors (Lipinski definition) is 1. The molecule has 8 heteroatoms. The van der Waals surface area contributed by atoms with Gasteiger partial charge in [0.25, 0.3) is 10.0 Å². The highest BCUT2D eigenvalue weighted by Gasteiger charge is 2.22. The van der Waals surface area contributed by atoms with Crippen LogP contribution in [0.4, 0.5) is 17.1 Å². The van der Waals surface area contributed by atoms with Gasteiger partial charge in [-0.2, -0.15) is 0 Å². The van der Waals surface area contributed by atoms with Crippen LogP contribution in [-0.4, -0.2) is 19.3 Å². The van der Waals surface area contributed by atoms with Crippen molar-refractivity contribution in [3.8, 4) is 0 Å². The molecule has 2 aromatic rings. The predicted octanol–water partition coefficient (Wildman–Crippen LogP) is 6.86. The molecule has 1 amide bonds. The Bertz CT molecular complexity index is 1120. The molecule has 0 aliphatic carbocycles. The number of nitrogens with one attached hydrogen (secondary N) is 1. The molecular formula is C25H32ClN3O3S. The zero-order valence-corrected chi connectivity index (χ0v) is 21.5. The van der Waals surface area contributed by atoms with Crippen molar-refractivity contribution < 1.29 is 13.2 Å². The SMILES string of the molecule is C=C/C(=C\C=C(C)C)S(=O)(=O)Nc1ccc(Cl)cc1N(C(C)=O)c1ccncc1.CC(C)C. The molecule has 0 fully saturated rings. The number of carbonyl (C=O) groups is 1. The molecule has 1 aromatic carbocycles. The second-order valence-corrected chi connectivity index (χ2v) is 10.2. The Morgan fingerprint density at radius 2 is 1.67 bits per heavy atom. The van der Waals surface area contributed by atoms with Gasteiger partial charge in [0.2, 0.25) is 5.91 Å². The fourth-order valence-electron chi connectivity index (χ4n) is 2.48. The Balaban J connectivity index is 0.00000125. The summed E-state index contributed by atoms with van der Waals surface area (Å²) < 4.78 is 28.3. The zero-order valence-electron chi connectivity index (χ0n) is 20.0. The van der Waals surface area contributed by atoms with Crippen LogP contribution in [-0.2, 0) is 14.8 Å². The first kappa shape index (κ1) is 28.1. The Morgan fingerprint density at radius 1 is 1.09 bits per heavy atom. The van der Waals surface area contributed by atoms with E-state index in [4.69, 9.17) is 11.6 Å². The average Bonchev–Trinajstić information content (AvgIpc) is 2.70. The van der Waals surface area contributed by atoms with E-state index in [-0.39, 0.29) is 16.5 Å². The molecule has 0 atom stereocenters. The lowest BCUT2D eigenvalue weighted by atomic mass is 10.2. The van der Waals surface area contributed by atoms with Crippen LogP contribution < -0.4 is 9.62 Å². The number of rotatable bonds is 7. The van der Waals surface area contributed by atoms with Crippen molar-refractivity contribution in [2.24, 2.45) is 5.92 Å². The maximum absolute atomic E-state index is 12.9. The first-order chi connectivity index (χ1) is 15.4. The number of anilines is 3. The van der Waals surface area contributed by atoms with Crippen LogP contribution in [0, 0.1) is 5.92 Å². The molecule has 33 heavy (non-hydrogen) atoms. The van der Waals surface area contributed by atoms with Gasteiger partial charge < -0.3 is 0 Å². The highest BCUT2D eigenvalue weighted by molar-refractivity contribution is 7.96. The molecule has 0 radical (unpaired) electrons. The number of carbonyl (C=O) groups excluding carboxylic acids is 1. The molecule has 1 aromatic heterocycles. The van der Waals surface area contributed by atoms with Crippen molar-refractivity contribution in [2.75, 3.05) is 9.62 Å². The third-order valence-corrected chi connectivity index (χ3v) is 5.42. The molecule has 0 aliphatic heterocycles. The van der Waals surface area contributed by atoms with Crippen LogP contribution in [0.15, 0.2) is 78.0 Å². The summed E-state index contributed by atoms with van der Waals surface area (Å²) in [5.74, 6) is 0.517. The van der Waals surface area contributed by atoms with E-state index in [2.05, 4.69) is 37.1 Å². The van der Waals surface area contributed by atoms with Gasteiger partial charge in [-0.05, 0) is 62.2 Å². The third kappa shape index (κ3) is 9.24. The molecule has 1 N–H and O–H groups in total. The lowest BCUT2D eigenvalue weighted by molar-refractivity contribution is -0.115. The van der Waals surface area contributed by atoms with E-state index < -0.39 is 10.0 Å². The van der Waals surface area contributed by atoms with Crippen molar-refractivity contribution in [1.29, 1.82) is 0 Å². The molecular weight excluding hydrogens is 458 g/mol. The number of nitrogens with zero attached hydrogens (tertiary/aromatic N) is 2. The van der Waals surface area contributed by atoms with Crippen molar-refractivity contribution in [3.63, 3.8) is 0 Å². The topological polar surface area (TPSA) is 79.4 Å². The van der Waals surface area contributed by atoms with Gasteiger partial charge in [0.1, 0.15) is 0 Å². The minimum Gasteiger partial charge on any atom is -0.279 e. The van der Waals surface area contributed by atoms with E-state index in [0.717, 1.165) is 11.5 Å². The van der Waals surface area contributed by atoms with E-state index in [1.165, 1.54) is 48.5 Å². The highest BCUT2D eigenvalue weighted by atomic mass is 35.5. The lowest BCUT2D eigenvalue weighted by Crippen LogP contribution is -2.25. The Kier molecular flexibility index (Phi) is 11.1. The summed E-state index contributed by atoms with van der Waals surface area (Å²) in [6.45, 7) is 15.2. The number of allylic oxidation sites excluding steroid dienone is 4. The second kappa shape index (κ2) is 13.0. The maximum Gasteiger partial charge on any atom is 0.261 e. The number of hydrogen-bond acceptors (Lipinski definition) is 4.